The highest BCUT2D eigenvalue weighted by Gasteiger charge is 2.25. The number of aliphatic hydroxyl groups excluding tert-OH is 1. The first kappa shape index (κ1) is 8.06. The first-order valence-electron chi connectivity index (χ1n) is 4.35. The van der Waals surface area contributed by atoms with Crippen LogP contribution in [0.1, 0.15) is 33.1 Å². The van der Waals surface area contributed by atoms with Crippen LogP contribution in [0.2, 0.25) is 0 Å². The van der Waals surface area contributed by atoms with Gasteiger partial charge in [-0.1, -0.05) is 13.8 Å². The molecule has 1 N–H and O–H groups in total. The lowest BCUT2D eigenvalue weighted by atomic mass is 9.93. The Morgan fingerprint density at radius 1 is 1.40 bits per heavy atom. The Balaban J connectivity index is 2.28. The van der Waals surface area contributed by atoms with E-state index in [0.717, 1.165) is 11.8 Å². The van der Waals surface area contributed by atoms with E-state index in [9.17, 15) is 0 Å². The molecule has 1 rings (SSSR count). The Labute approximate surface area is 63.4 Å². The normalized spacial score (nSPS) is 33.6. The molecule has 0 aromatic rings. The third-order valence-electron chi connectivity index (χ3n) is 2.78. The topological polar surface area (TPSA) is 20.2 Å². The lowest BCUT2D eigenvalue weighted by Crippen LogP contribution is -2.05. The van der Waals surface area contributed by atoms with Gasteiger partial charge in [-0.15, -0.1) is 0 Å². The molecule has 0 amide bonds. The standard InChI is InChI=1S/C9H18O/c1-7(2)9-4-3-8(5-9)6-10/h7-10H,3-6H2,1-2H3/t8-,9?/m1/s1. The van der Waals surface area contributed by atoms with Crippen LogP contribution in [0, 0.1) is 17.8 Å². The molecule has 0 aromatic heterocycles. The Kier molecular flexibility index (Phi) is 2.72. The molecule has 60 valence electrons. The van der Waals surface area contributed by atoms with Gasteiger partial charge in [0.15, 0.2) is 0 Å². The van der Waals surface area contributed by atoms with Gasteiger partial charge in [0.1, 0.15) is 0 Å². The van der Waals surface area contributed by atoms with Crippen molar-refractivity contribution in [2.45, 2.75) is 33.1 Å². The fourth-order valence-electron chi connectivity index (χ4n) is 1.88. The first-order chi connectivity index (χ1) is 4.74. The molecule has 1 aliphatic rings. The van der Waals surface area contributed by atoms with Gasteiger partial charge in [0, 0.05) is 6.61 Å². The van der Waals surface area contributed by atoms with Crippen molar-refractivity contribution in [2.24, 2.45) is 17.8 Å². The van der Waals surface area contributed by atoms with Gasteiger partial charge < -0.3 is 5.11 Å². The molecule has 1 fully saturated rings. The van der Waals surface area contributed by atoms with E-state index in [-0.39, 0.29) is 0 Å². The molecule has 0 heterocycles. The second-order valence-electron chi connectivity index (χ2n) is 3.87. The molecule has 0 saturated heterocycles. The van der Waals surface area contributed by atoms with Gasteiger partial charge in [-0.2, -0.15) is 0 Å². The Hall–Kier alpha value is -0.0400. The zero-order valence-electron chi connectivity index (χ0n) is 7.01. The third-order valence-corrected chi connectivity index (χ3v) is 2.78. The number of aliphatic hydroxyl groups is 1. The summed E-state index contributed by atoms with van der Waals surface area (Å²) in [6.07, 6.45) is 3.84. The van der Waals surface area contributed by atoms with Gasteiger partial charge >= 0.3 is 0 Å². The molecule has 0 spiro atoms. The fraction of sp³-hybridized carbons (Fsp3) is 1.00. The highest BCUT2D eigenvalue weighted by molar-refractivity contribution is 4.76. The third kappa shape index (κ3) is 1.72. The summed E-state index contributed by atoms with van der Waals surface area (Å²) in [5.74, 6) is 2.32. The van der Waals surface area contributed by atoms with Gasteiger partial charge in [0.25, 0.3) is 0 Å². The lowest BCUT2D eigenvalue weighted by molar-refractivity contribution is 0.222. The van der Waals surface area contributed by atoms with E-state index in [1.54, 1.807) is 0 Å². The van der Waals surface area contributed by atoms with E-state index in [1.807, 2.05) is 0 Å². The second-order valence-corrected chi connectivity index (χ2v) is 3.87. The Morgan fingerprint density at radius 3 is 2.40 bits per heavy atom. The minimum Gasteiger partial charge on any atom is -0.396 e. The maximum atomic E-state index is 8.87. The molecular formula is C9H18O. The van der Waals surface area contributed by atoms with Gasteiger partial charge in [-0.3, -0.25) is 0 Å². The number of hydrogen-bond donors (Lipinski definition) is 1. The first-order valence-corrected chi connectivity index (χ1v) is 4.35. The van der Waals surface area contributed by atoms with Crippen LogP contribution in [-0.2, 0) is 0 Å². The zero-order valence-corrected chi connectivity index (χ0v) is 7.01. The maximum Gasteiger partial charge on any atom is 0.0459 e. The van der Waals surface area contributed by atoms with Crippen molar-refractivity contribution in [1.82, 2.24) is 0 Å². The molecule has 10 heavy (non-hydrogen) atoms. The van der Waals surface area contributed by atoms with Crippen LogP contribution in [0.4, 0.5) is 0 Å². The molecule has 1 unspecified atom stereocenters. The van der Waals surface area contributed by atoms with Crippen LogP contribution in [0.5, 0.6) is 0 Å². The van der Waals surface area contributed by atoms with Crippen LogP contribution in [0.3, 0.4) is 0 Å². The van der Waals surface area contributed by atoms with Crippen LogP contribution >= 0.6 is 0 Å². The van der Waals surface area contributed by atoms with Crippen molar-refractivity contribution in [3.05, 3.63) is 0 Å². The van der Waals surface area contributed by atoms with Crippen LogP contribution < -0.4 is 0 Å². The molecule has 1 nitrogen and oxygen atoms in total. The molecule has 0 aromatic carbocycles. The van der Waals surface area contributed by atoms with Crippen LogP contribution in [0.15, 0.2) is 0 Å². The molecule has 0 bridgehead atoms. The van der Waals surface area contributed by atoms with Crippen molar-refractivity contribution >= 4 is 0 Å². The maximum absolute atomic E-state index is 8.87. The highest BCUT2D eigenvalue weighted by atomic mass is 16.3. The second kappa shape index (κ2) is 3.38. The van der Waals surface area contributed by atoms with E-state index >= 15 is 0 Å². The molecule has 1 saturated carbocycles. The van der Waals surface area contributed by atoms with Crippen LogP contribution in [-0.4, -0.2) is 11.7 Å². The summed E-state index contributed by atoms with van der Waals surface area (Å²) in [6.45, 7) is 4.97. The summed E-state index contributed by atoms with van der Waals surface area (Å²) in [6, 6.07) is 0. The van der Waals surface area contributed by atoms with Crippen molar-refractivity contribution in [3.63, 3.8) is 0 Å². The van der Waals surface area contributed by atoms with Gasteiger partial charge in [-0.05, 0) is 37.0 Å². The SMILES string of the molecule is CC(C)C1CC[C@@H](CO)C1. The zero-order chi connectivity index (χ0) is 7.56. The fourth-order valence-corrected chi connectivity index (χ4v) is 1.88. The monoisotopic (exact) mass is 142 g/mol. The van der Waals surface area contributed by atoms with Gasteiger partial charge in [0.05, 0.1) is 0 Å². The average molecular weight is 142 g/mol. The van der Waals surface area contributed by atoms with Crippen LogP contribution in [0.25, 0.3) is 0 Å². The largest absolute Gasteiger partial charge is 0.396 e. The van der Waals surface area contributed by atoms with E-state index in [4.69, 9.17) is 5.11 Å². The summed E-state index contributed by atoms with van der Waals surface area (Å²) in [7, 11) is 0. The molecular weight excluding hydrogens is 124 g/mol. The van der Waals surface area contributed by atoms with Crippen molar-refractivity contribution in [1.29, 1.82) is 0 Å². The molecule has 2 atom stereocenters. The average Bonchev–Trinajstić information content (AvgIpc) is 2.34. The summed E-state index contributed by atoms with van der Waals surface area (Å²) in [4.78, 5) is 0. The summed E-state index contributed by atoms with van der Waals surface area (Å²) in [5.41, 5.74) is 0. The van der Waals surface area contributed by atoms with Gasteiger partial charge in [0.2, 0.25) is 0 Å². The highest BCUT2D eigenvalue weighted by Crippen LogP contribution is 2.34. The van der Waals surface area contributed by atoms with Crippen molar-refractivity contribution in [2.75, 3.05) is 6.61 Å². The molecule has 0 aliphatic heterocycles. The Bertz CT molecular complexity index is 98.9. The summed E-state index contributed by atoms with van der Waals surface area (Å²) < 4.78 is 0. The summed E-state index contributed by atoms with van der Waals surface area (Å²) in [5, 5.41) is 8.87. The molecule has 0 radical (unpaired) electrons. The Morgan fingerprint density at radius 2 is 2.10 bits per heavy atom. The number of rotatable bonds is 2. The minimum absolute atomic E-state index is 0.406. The van der Waals surface area contributed by atoms with Crippen molar-refractivity contribution < 1.29 is 5.11 Å². The molecule has 1 heteroatoms. The quantitative estimate of drug-likeness (QED) is 0.625. The van der Waals surface area contributed by atoms with E-state index in [0.29, 0.717) is 12.5 Å². The molecule has 1 aliphatic carbocycles. The summed E-state index contributed by atoms with van der Waals surface area (Å²) >= 11 is 0. The number of hydrogen-bond acceptors (Lipinski definition) is 1. The van der Waals surface area contributed by atoms with E-state index < -0.39 is 0 Å². The van der Waals surface area contributed by atoms with Crippen molar-refractivity contribution in [3.8, 4) is 0 Å². The van der Waals surface area contributed by atoms with Gasteiger partial charge in [-0.25, -0.2) is 0 Å². The lowest BCUT2D eigenvalue weighted by Gasteiger charge is -2.13. The predicted molar refractivity (Wildman–Crippen MR) is 42.8 cm³/mol. The predicted octanol–water partition coefficient (Wildman–Crippen LogP) is 2.05. The van der Waals surface area contributed by atoms with E-state index in [2.05, 4.69) is 13.8 Å². The smallest absolute Gasteiger partial charge is 0.0459 e. The minimum atomic E-state index is 0.406. The van der Waals surface area contributed by atoms with E-state index in [1.165, 1.54) is 19.3 Å².